The monoisotopic (exact) mass is 355 g/mol. The van der Waals surface area contributed by atoms with E-state index in [1.165, 1.54) is 24.4 Å². The zero-order valence-corrected chi connectivity index (χ0v) is 11.8. The smallest absolute Gasteiger partial charge is 0.335 e. The van der Waals surface area contributed by atoms with Crippen molar-refractivity contribution in [3.63, 3.8) is 0 Å². The quantitative estimate of drug-likeness (QED) is 0.643. The number of anilines is 2. The number of hydrogen-bond donors (Lipinski definition) is 2. The maximum Gasteiger partial charge on any atom is 0.335 e. The number of nitrogens with one attached hydrogen (secondary N) is 1. The zero-order valence-electron chi connectivity index (χ0n) is 10.2. The van der Waals surface area contributed by atoms with E-state index >= 15 is 0 Å². The van der Waals surface area contributed by atoms with Gasteiger partial charge in [0.25, 0.3) is 0 Å². The molecule has 0 amide bonds. The molecule has 0 radical (unpaired) electrons. The second-order valence-electron chi connectivity index (χ2n) is 3.90. The molecule has 9 heteroatoms. The lowest BCUT2D eigenvalue weighted by Crippen LogP contribution is -2.03. The van der Waals surface area contributed by atoms with Gasteiger partial charge in [0.05, 0.1) is 16.2 Å². The van der Waals surface area contributed by atoms with Crippen LogP contribution in [0, 0.1) is 15.9 Å². The minimum absolute atomic E-state index is 0.113. The Bertz CT molecular complexity index is 738. The van der Waals surface area contributed by atoms with E-state index < -0.39 is 16.7 Å². The van der Waals surface area contributed by atoms with E-state index in [2.05, 4.69) is 26.2 Å². The highest BCUT2D eigenvalue weighted by molar-refractivity contribution is 9.10. The third-order valence-corrected chi connectivity index (χ3v) is 2.93. The second-order valence-corrected chi connectivity index (χ2v) is 4.82. The van der Waals surface area contributed by atoms with E-state index in [4.69, 9.17) is 5.11 Å². The van der Waals surface area contributed by atoms with Crippen molar-refractivity contribution in [2.75, 3.05) is 5.32 Å². The van der Waals surface area contributed by atoms with Gasteiger partial charge in [0, 0.05) is 16.7 Å². The molecule has 0 saturated heterocycles. The summed E-state index contributed by atoms with van der Waals surface area (Å²) in [5.74, 6) is -2.27. The van der Waals surface area contributed by atoms with Crippen molar-refractivity contribution in [3.05, 3.63) is 56.4 Å². The van der Waals surface area contributed by atoms with Gasteiger partial charge < -0.3 is 10.4 Å². The summed E-state index contributed by atoms with van der Waals surface area (Å²) in [4.78, 5) is 24.8. The normalized spacial score (nSPS) is 10.2. The van der Waals surface area contributed by atoms with Gasteiger partial charge in [-0.2, -0.15) is 0 Å². The predicted molar refractivity (Wildman–Crippen MR) is 75.2 cm³/mol. The summed E-state index contributed by atoms with van der Waals surface area (Å²) < 4.78 is 14.2. The highest BCUT2D eigenvalue weighted by atomic mass is 79.9. The average molecular weight is 356 g/mol. The van der Waals surface area contributed by atoms with E-state index in [1.807, 2.05) is 0 Å². The van der Waals surface area contributed by atoms with Crippen molar-refractivity contribution in [3.8, 4) is 0 Å². The number of aromatic nitrogens is 1. The van der Waals surface area contributed by atoms with Crippen molar-refractivity contribution in [2.45, 2.75) is 0 Å². The Morgan fingerprint density at radius 3 is 2.71 bits per heavy atom. The van der Waals surface area contributed by atoms with E-state index in [9.17, 15) is 19.3 Å². The number of carboxylic acids is 1. The van der Waals surface area contributed by atoms with Gasteiger partial charge in [-0.3, -0.25) is 10.1 Å². The molecule has 0 spiro atoms. The summed E-state index contributed by atoms with van der Waals surface area (Å²) in [7, 11) is 0. The van der Waals surface area contributed by atoms with Crippen LogP contribution in [0.3, 0.4) is 0 Å². The number of carboxylic acid groups (broad SMARTS) is 1. The number of carbonyl (C=O) groups is 1. The first kappa shape index (κ1) is 14.9. The van der Waals surface area contributed by atoms with Gasteiger partial charge in [-0.15, -0.1) is 0 Å². The summed E-state index contributed by atoms with van der Waals surface area (Å²) in [6, 6.07) is 4.39. The van der Waals surface area contributed by atoms with Gasteiger partial charge in [0.15, 0.2) is 0 Å². The van der Waals surface area contributed by atoms with Crippen molar-refractivity contribution in [2.24, 2.45) is 0 Å². The van der Waals surface area contributed by atoms with Crippen LogP contribution < -0.4 is 5.32 Å². The minimum Gasteiger partial charge on any atom is -0.478 e. The molecule has 7 nitrogen and oxygen atoms in total. The van der Waals surface area contributed by atoms with Gasteiger partial charge in [-0.1, -0.05) is 0 Å². The largest absolute Gasteiger partial charge is 0.478 e. The lowest BCUT2D eigenvalue weighted by Gasteiger charge is -2.08. The maximum absolute atomic E-state index is 13.8. The minimum atomic E-state index is -1.27. The molecule has 2 aromatic rings. The van der Waals surface area contributed by atoms with Gasteiger partial charge in [0.2, 0.25) is 5.82 Å². The number of aromatic carboxylic acids is 1. The Balaban J connectivity index is 2.39. The molecule has 21 heavy (non-hydrogen) atoms. The topological polar surface area (TPSA) is 105 Å². The van der Waals surface area contributed by atoms with Crippen LogP contribution in [-0.4, -0.2) is 21.0 Å². The van der Waals surface area contributed by atoms with Crippen LogP contribution >= 0.6 is 15.9 Å². The summed E-state index contributed by atoms with van der Waals surface area (Å²) in [6.07, 6.45) is 1.32. The van der Waals surface area contributed by atoms with Crippen LogP contribution in [0.25, 0.3) is 0 Å². The summed E-state index contributed by atoms with van der Waals surface area (Å²) >= 11 is 3.06. The third-order valence-electron chi connectivity index (χ3n) is 2.50. The Hall–Kier alpha value is -2.55. The first-order chi connectivity index (χ1) is 9.88. The standard InChI is InChI=1S/C12H7BrFN3O4/c13-7-4-10(17(20)21)11(15-5-7)16-9-2-1-6(12(18)19)3-8(9)14/h1-5H,(H,15,16)(H,18,19). The molecule has 1 heterocycles. The van der Waals surface area contributed by atoms with E-state index in [0.717, 1.165) is 6.07 Å². The van der Waals surface area contributed by atoms with Crippen LogP contribution in [0.1, 0.15) is 10.4 Å². The lowest BCUT2D eigenvalue weighted by molar-refractivity contribution is -0.384. The molecule has 0 saturated carbocycles. The van der Waals surface area contributed by atoms with Crippen LogP contribution in [0.2, 0.25) is 0 Å². The number of pyridine rings is 1. The van der Waals surface area contributed by atoms with Crippen molar-refractivity contribution in [1.82, 2.24) is 4.98 Å². The summed E-state index contributed by atoms with van der Waals surface area (Å²) in [5.41, 5.74) is -0.680. The zero-order chi connectivity index (χ0) is 15.6. The molecule has 0 atom stereocenters. The lowest BCUT2D eigenvalue weighted by atomic mass is 10.2. The summed E-state index contributed by atoms with van der Waals surface area (Å²) in [5, 5.41) is 22.1. The summed E-state index contributed by atoms with van der Waals surface area (Å²) in [6.45, 7) is 0. The van der Waals surface area contributed by atoms with E-state index in [-0.39, 0.29) is 22.8 Å². The Morgan fingerprint density at radius 2 is 2.14 bits per heavy atom. The SMILES string of the molecule is O=C(O)c1ccc(Nc2ncc(Br)cc2[N+](=O)[O-])c(F)c1. The van der Waals surface area contributed by atoms with Crippen molar-refractivity contribution < 1.29 is 19.2 Å². The fourth-order valence-electron chi connectivity index (χ4n) is 1.54. The van der Waals surface area contributed by atoms with Crippen LogP contribution in [0.15, 0.2) is 34.9 Å². The molecule has 0 fully saturated rings. The number of nitrogens with zero attached hydrogens (tertiary/aromatic N) is 2. The van der Waals surface area contributed by atoms with Gasteiger partial charge in [-0.25, -0.2) is 14.2 Å². The fraction of sp³-hybridized carbons (Fsp3) is 0. The maximum atomic E-state index is 13.8. The Kier molecular flexibility index (Phi) is 4.13. The number of hydrogen-bond acceptors (Lipinski definition) is 5. The van der Waals surface area contributed by atoms with E-state index in [0.29, 0.717) is 4.47 Å². The molecule has 0 aliphatic heterocycles. The molecule has 0 bridgehead atoms. The number of rotatable bonds is 4. The number of benzene rings is 1. The highest BCUT2D eigenvalue weighted by Crippen LogP contribution is 2.29. The Morgan fingerprint density at radius 1 is 1.43 bits per heavy atom. The van der Waals surface area contributed by atoms with Crippen molar-refractivity contribution >= 4 is 39.1 Å². The molecule has 108 valence electrons. The molecule has 0 unspecified atom stereocenters. The first-order valence-corrected chi connectivity index (χ1v) is 6.27. The first-order valence-electron chi connectivity index (χ1n) is 5.48. The van der Waals surface area contributed by atoms with Crippen LogP contribution in [-0.2, 0) is 0 Å². The van der Waals surface area contributed by atoms with Gasteiger partial charge >= 0.3 is 11.7 Å². The van der Waals surface area contributed by atoms with E-state index in [1.54, 1.807) is 0 Å². The van der Waals surface area contributed by atoms with Crippen LogP contribution in [0.5, 0.6) is 0 Å². The van der Waals surface area contributed by atoms with Crippen molar-refractivity contribution in [1.29, 1.82) is 0 Å². The Labute approximate surface area is 125 Å². The highest BCUT2D eigenvalue weighted by Gasteiger charge is 2.18. The fourth-order valence-corrected chi connectivity index (χ4v) is 1.86. The molecule has 0 aliphatic rings. The molecule has 2 N–H and O–H groups in total. The second kappa shape index (κ2) is 5.83. The molecular weight excluding hydrogens is 349 g/mol. The van der Waals surface area contributed by atoms with Gasteiger partial charge in [-0.05, 0) is 34.1 Å². The van der Waals surface area contributed by atoms with Crippen LogP contribution in [0.4, 0.5) is 21.6 Å². The number of halogens is 2. The average Bonchev–Trinajstić information content (AvgIpc) is 2.42. The molecule has 0 aliphatic carbocycles. The molecule has 1 aromatic carbocycles. The van der Waals surface area contributed by atoms with Gasteiger partial charge in [0.1, 0.15) is 5.82 Å². The molecule has 1 aromatic heterocycles. The number of nitro groups is 1. The predicted octanol–water partition coefficient (Wildman–Crippen LogP) is 3.33. The molecule has 2 rings (SSSR count). The third kappa shape index (κ3) is 3.31. The molecular formula is C12H7BrFN3O4.